The van der Waals surface area contributed by atoms with E-state index in [1.54, 1.807) is 0 Å². The highest BCUT2D eigenvalue weighted by Gasteiger charge is 2.21. The maximum absolute atomic E-state index is 3.63. The molecule has 1 aromatic carbocycles. The summed E-state index contributed by atoms with van der Waals surface area (Å²) < 4.78 is 0. The van der Waals surface area contributed by atoms with Gasteiger partial charge in [0.05, 0.1) is 0 Å². The predicted molar refractivity (Wildman–Crippen MR) is 88.4 cm³/mol. The Balaban J connectivity index is 2.30. The fourth-order valence-electron chi connectivity index (χ4n) is 3.40. The van der Waals surface area contributed by atoms with E-state index >= 15 is 0 Å². The predicted octanol–water partition coefficient (Wildman–Crippen LogP) is 4.52. The molecular formula is C18H30N2. The van der Waals surface area contributed by atoms with Gasteiger partial charge in [-0.3, -0.25) is 0 Å². The molecule has 1 aliphatic heterocycles. The van der Waals surface area contributed by atoms with Gasteiger partial charge in [-0.05, 0) is 44.4 Å². The highest BCUT2D eigenvalue weighted by Crippen LogP contribution is 2.32. The van der Waals surface area contributed by atoms with Gasteiger partial charge in [0, 0.05) is 24.3 Å². The standard InChI is InChI=1S/C18H30N2/c1-4-17(19-5-2)16-12-8-9-13-18(16)20-14-10-6-7-11-15(20)3/h8-9,12-13,15,17,19H,4-7,10-11,14H2,1-3H3. The number of nitrogens with one attached hydrogen (secondary N) is 1. The molecule has 1 saturated heterocycles. The lowest BCUT2D eigenvalue weighted by Gasteiger charge is -2.33. The van der Waals surface area contributed by atoms with Gasteiger partial charge >= 0.3 is 0 Å². The Labute approximate surface area is 124 Å². The molecule has 0 bridgehead atoms. The minimum atomic E-state index is 0.478. The van der Waals surface area contributed by atoms with Gasteiger partial charge in [-0.15, -0.1) is 0 Å². The van der Waals surface area contributed by atoms with Gasteiger partial charge < -0.3 is 10.2 Å². The van der Waals surface area contributed by atoms with Crippen LogP contribution in [0.2, 0.25) is 0 Å². The smallest absolute Gasteiger partial charge is 0.0417 e. The lowest BCUT2D eigenvalue weighted by molar-refractivity contribution is 0.532. The van der Waals surface area contributed by atoms with Crippen LogP contribution < -0.4 is 10.2 Å². The van der Waals surface area contributed by atoms with Crippen molar-refractivity contribution in [1.29, 1.82) is 0 Å². The zero-order valence-corrected chi connectivity index (χ0v) is 13.4. The molecule has 112 valence electrons. The minimum absolute atomic E-state index is 0.478. The highest BCUT2D eigenvalue weighted by atomic mass is 15.2. The van der Waals surface area contributed by atoms with Crippen LogP contribution >= 0.6 is 0 Å². The van der Waals surface area contributed by atoms with Gasteiger partial charge in [0.15, 0.2) is 0 Å². The third-order valence-electron chi connectivity index (χ3n) is 4.53. The quantitative estimate of drug-likeness (QED) is 0.849. The van der Waals surface area contributed by atoms with E-state index in [9.17, 15) is 0 Å². The Morgan fingerprint density at radius 1 is 1.20 bits per heavy atom. The average molecular weight is 274 g/mol. The van der Waals surface area contributed by atoms with Crippen LogP contribution in [0.1, 0.15) is 64.5 Å². The fraction of sp³-hybridized carbons (Fsp3) is 0.667. The fourth-order valence-corrected chi connectivity index (χ4v) is 3.40. The van der Waals surface area contributed by atoms with Crippen molar-refractivity contribution in [3.8, 4) is 0 Å². The Morgan fingerprint density at radius 2 is 2.00 bits per heavy atom. The van der Waals surface area contributed by atoms with Crippen LogP contribution in [0.25, 0.3) is 0 Å². The Hall–Kier alpha value is -1.02. The summed E-state index contributed by atoms with van der Waals surface area (Å²) in [6.45, 7) is 9.09. The molecule has 1 N–H and O–H groups in total. The summed E-state index contributed by atoms with van der Waals surface area (Å²) in [7, 11) is 0. The monoisotopic (exact) mass is 274 g/mol. The number of hydrogen-bond acceptors (Lipinski definition) is 2. The topological polar surface area (TPSA) is 15.3 Å². The van der Waals surface area contributed by atoms with E-state index in [-0.39, 0.29) is 0 Å². The molecule has 2 nitrogen and oxygen atoms in total. The molecule has 1 aliphatic rings. The maximum atomic E-state index is 3.63. The van der Waals surface area contributed by atoms with Gasteiger partial charge in [-0.1, -0.05) is 44.9 Å². The van der Waals surface area contributed by atoms with Crippen molar-refractivity contribution < 1.29 is 0 Å². The van der Waals surface area contributed by atoms with Crippen molar-refractivity contribution in [1.82, 2.24) is 5.32 Å². The van der Waals surface area contributed by atoms with Gasteiger partial charge in [0.2, 0.25) is 0 Å². The Morgan fingerprint density at radius 3 is 2.75 bits per heavy atom. The van der Waals surface area contributed by atoms with Gasteiger partial charge in [-0.2, -0.15) is 0 Å². The number of anilines is 1. The molecule has 0 amide bonds. The third kappa shape index (κ3) is 3.54. The number of benzene rings is 1. The molecule has 1 fully saturated rings. The summed E-state index contributed by atoms with van der Waals surface area (Å²) >= 11 is 0. The van der Waals surface area contributed by atoms with E-state index in [4.69, 9.17) is 0 Å². The average Bonchev–Trinajstić information content (AvgIpc) is 2.69. The molecule has 2 unspecified atom stereocenters. The Kier molecular flexibility index (Phi) is 5.90. The third-order valence-corrected chi connectivity index (χ3v) is 4.53. The van der Waals surface area contributed by atoms with Crippen LogP contribution in [0, 0.1) is 0 Å². The summed E-state index contributed by atoms with van der Waals surface area (Å²) in [5, 5.41) is 3.63. The van der Waals surface area contributed by atoms with E-state index in [1.165, 1.54) is 43.5 Å². The molecule has 2 atom stereocenters. The number of rotatable bonds is 5. The van der Waals surface area contributed by atoms with Crippen molar-refractivity contribution in [3.05, 3.63) is 29.8 Å². The first-order chi connectivity index (χ1) is 9.77. The van der Waals surface area contributed by atoms with Gasteiger partial charge in [0.25, 0.3) is 0 Å². The number of para-hydroxylation sites is 1. The van der Waals surface area contributed by atoms with Crippen molar-refractivity contribution >= 4 is 5.69 Å². The first-order valence-electron chi connectivity index (χ1n) is 8.36. The van der Waals surface area contributed by atoms with Gasteiger partial charge in [-0.25, -0.2) is 0 Å². The molecule has 0 spiro atoms. The highest BCUT2D eigenvalue weighted by molar-refractivity contribution is 5.56. The van der Waals surface area contributed by atoms with Crippen LogP contribution in [-0.2, 0) is 0 Å². The van der Waals surface area contributed by atoms with Crippen molar-refractivity contribution in [3.63, 3.8) is 0 Å². The molecule has 0 aliphatic carbocycles. The first-order valence-corrected chi connectivity index (χ1v) is 8.36. The molecular weight excluding hydrogens is 244 g/mol. The molecule has 20 heavy (non-hydrogen) atoms. The van der Waals surface area contributed by atoms with E-state index in [2.05, 4.69) is 55.3 Å². The van der Waals surface area contributed by atoms with E-state index in [0.29, 0.717) is 12.1 Å². The second kappa shape index (κ2) is 7.68. The number of nitrogens with zero attached hydrogens (tertiary/aromatic N) is 1. The van der Waals surface area contributed by atoms with Crippen molar-refractivity contribution in [2.24, 2.45) is 0 Å². The lowest BCUT2D eigenvalue weighted by Crippen LogP contribution is -2.34. The van der Waals surface area contributed by atoms with Gasteiger partial charge in [0.1, 0.15) is 0 Å². The maximum Gasteiger partial charge on any atom is 0.0417 e. The SMILES string of the molecule is CCNC(CC)c1ccccc1N1CCCCCC1C. The molecule has 2 heteroatoms. The molecule has 1 aromatic rings. The largest absolute Gasteiger partial charge is 0.369 e. The van der Waals surface area contributed by atoms with Crippen molar-refractivity contribution in [2.75, 3.05) is 18.0 Å². The summed E-state index contributed by atoms with van der Waals surface area (Å²) in [6.07, 6.45) is 6.56. The van der Waals surface area contributed by atoms with E-state index in [0.717, 1.165) is 13.0 Å². The molecule has 1 heterocycles. The molecule has 2 rings (SSSR count). The second-order valence-electron chi connectivity index (χ2n) is 5.97. The van der Waals surface area contributed by atoms with Crippen LogP contribution in [0.3, 0.4) is 0 Å². The Bertz CT molecular complexity index is 402. The van der Waals surface area contributed by atoms with Crippen molar-refractivity contribution in [2.45, 2.75) is 65.0 Å². The van der Waals surface area contributed by atoms with Crippen LogP contribution in [-0.4, -0.2) is 19.1 Å². The first kappa shape index (κ1) is 15.4. The van der Waals surface area contributed by atoms with Crippen LogP contribution in [0.5, 0.6) is 0 Å². The second-order valence-corrected chi connectivity index (χ2v) is 5.97. The molecule has 0 aromatic heterocycles. The minimum Gasteiger partial charge on any atom is -0.369 e. The van der Waals surface area contributed by atoms with Crippen LogP contribution in [0.4, 0.5) is 5.69 Å². The normalized spacial score (nSPS) is 21.6. The van der Waals surface area contributed by atoms with Crippen LogP contribution in [0.15, 0.2) is 24.3 Å². The summed E-state index contributed by atoms with van der Waals surface area (Å²) in [5.74, 6) is 0. The molecule has 0 radical (unpaired) electrons. The zero-order valence-electron chi connectivity index (χ0n) is 13.4. The summed E-state index contributed by atoms with van der Waals surface area (Å²) in [4.78, 5) is 2.64. The van der Waals surface area contributed by atoms with E-state index < -0.39 is 0 Å². The number of hydrogen-bond donors (Lipinski definition) is 1. The zero-order chi connectivity index (χ0) is 14.4. The summed E-state index contributed by atoms with van der Waals surface area (Å²) in [6, 6.07) is 10.1. The lowest BCUT2D eigenvalue weighted by atomic mass is 10.00. The molecule has 0 saturated carbocycles. The van der Waals surface area contributed by atoms with E-state index in [1.807, 2.05) is 0 Å². The summed E-state index contributed by atoms with van der Waals surface area (Å²) in [5.41, 5.74) is 2.93.